The van der Waals surface area contributed by atoms with Crippen LogP contribution in [0.2, 0.25) is 0 Å². The third kappa shape index (κ3) is 4.37. The van der Waals surface area contributed by atoms with Crippen molar-refractivity contribution >= 4 is 39.4 Å². The summed E-state index contributed by atoms with van der Waals surface area (Å²) in [5, 5.41) is 0.537. The molecule has 0 atom stereocenters. The van der Waals surface area contributed by atoms with Crippen molar-refractivity contribution < 1.29 is 4.79 Å². The number of carbonyl (C=O) groups is 1. The second kappa shape index (κ2) is 8.57. The van der Waals surface area contributed by atoms with Crippen LogP contribution in [0.3, 0.4) is 0 Å². The number of hydrogen-bond donors (Lipinski definition) is 1. The van der Waals surface area contributed by atoms with Crippen LogP contribution in [-0.2, 0) is 13.1 Å². The van der Waals surface area contributed by atoms with Crippen LogP contribution < -0.4 is 5.56 Å². The zero-order valence-corrected chi connectivity index (χ0v) is 17.7. The van der Waals surface area contributed by atoms with E-state index in [4.69, 9.17) is 0 Å². The van der Waals surface area contributed by atoms with E-state index >= 15 is 0 Å². The highest BCUT2D eigenvalue weighted by Crippen LogP contribution is 2.18. The molecule has 0 aliphatic rings. The summed E-state index contributed by atoms with van der Waals surface area (Å²) in [6, 6.07) is 24.5. The Hall–Kier alpha value is -3.00. The smallest absolute Gasteiger partial charge is 0.258 e. The van der Waals surface area contributed by atoms with Gasteiger partial charge in [-0.15, -0.1) is 0 Å². The molecule has 1 amide bonds. The number of nitrogens with zero attached hydrogens (tertiary/aromatic N) is 2. The molecule has 6 heteroatoms. The van der Waals surface area contributed by atoms with Crippen LogP contribution in [0.1, 0.15) is 21.7 Å². The minimum atomic E-state index is -0.202. The molecule has 3 aromatic carbocycles. The van der Waals surface area contributed by atoms with Gasteiger partial charge in [0.25, 0.3) is 11.5 Å². The largest absolute Gasteiger partial charge is 0.327 e. The molecule has 0 unspecified atom stereocenters. The van der Waals surface area contributed by atoms with Crippen LogP contribution in [0, 0.1) is 3.57 Å². The lowest BCUT2D eigenvalue weighted by Crippen LogP contribution is -2.32. The van der Waals surface area contributed by atoms with E-state index < -0.39 is 0 Å². The van der Waals surface area contributed by atoms with Crippen molar-refractivity contribution in [1.82, 2.24) is 14.9 Å². The number of carbonyl (C=O) groups excluding carboxylic acids is 1. The van der Waals surface area contributed by atoms with Gasteiger partial charge in [0.2, 0.25) is 0 Å². The van der Waals surface area contributed by atoms with Gasteiger partial charge in [-0.3, -0.25) is 9.59 Å². The molecule has 4 aromatic rings. The topological polar surface area (TPSA) is 66.1 Å². The average Bonchev–Trinajstić information content (AvgIpc) is 2.74. The summed E-state index contributed by atoms with van der Waals surface area (Å²) in [4.78, 5) is 34.9. The molecule has 144 valence electrons. The number of benzene rings is 3. The number of amides is 1. The molecule has 0 radical (unpaired) electrons. The minimum absolute atomic E-state index is 0.102. The molecule has 1 N–H and O–H groups in total. The van der Waals surface area contributed by atoms with Crippen LogP contribution in [-0.4, -0.2) is 20.8 Å². The predicted molar refractivity (Wildman–Crippen MR) is 122 cm³/mol. The van der Waals surface area contributed by atoms with Crippen LogP contribution in [0.5, 0.6) is 0 Å². The molecule has 5 nitrogen and oxygen atoms in total. The monoisotopic (exact) mass is 495 g/mol. The Balaban J connectivity index is 1.71. The van der Waals surface area contributed by atoms with Crippen molar-refractivity contribution in [3.8, 4) is 0 Å². The Labute approximate surface area is 181 Å². The third-order valence-electron chi connectivity index (χ3n) is 4.61. The molecule has 0 spiro atoms. The number of halogens is 1. The zero-order chi connectivity index (χ0) is 20.2. The second-order valence-electron chi connectivity index (χ2n) is 6.66. The lowest BCUT2D eigenvalue weighted by Gasteiger charge is -2.23. The van der Waals surface area contributed by atoms with Crippen LogP contribution in [0.15, 0.2) is 83.7 Å². The number of fused-ring (bicyclic) bond motifs is 1. The van der Waals surface area contributed by atoms with E-state index in [9.17, 15) is 9.59 Å². The second-order valence-corrected chi connectivity index (χ2v) is 7.82. The lowest BCUT2D eigenvalue weighted by molar-refractivity contribution is 0.0724. The van der Waals surface area contributed by atoms with Crippen molar-refractivity contribution in [2.24, 2.45) is 0 Å². The summed E-state index contributed by atoms with van der Waals surface area (Å²) < 4.78 is 0.883. The third-order valence-corrected chi connectivity index (χ3v) is 5.55. The minimum Gasteiger partial charge on any atom is -0.327 e. The van der Waals surface area contributed by atoms with E-state index in [2.05, 4.69) is 32.6 Å². The van der Waals surface area contributed by atoms with Gasteiger partial charge in [0, 0.05) is 10.1 Å². The molecule has 0 aliphatic carbocycles. The molecule has 4 rings (SSSR count). The van der Waals surface area contributed by atoms with E-state index in [1.54, 1.807) is 17.0 Å². The SMILES string of the molecule is O=C(c1ccccc1I)N(Cc1ccccc1)Cc1nc2ccccc2c(=O)[nH]1. The van der Waals surface area contributed by atoms with Crippen LogP contribution >= 0.6 is 22.6 Å². The quantitative estimate of drug-likeness (QED) is 0.419. The summed E-state index contributed by atoms with van der Waals surface area (Å²) in [5.41, 5.74) is 2.06. The van der Waals surface area contributed by atoms with Crippen molar-refractivity contribution in [3.05, 3.63) is 110 Å². The van der Waals surface area contributed by atoms with E-state index in [0.29, 0.717) is 28.8 Å². The normalized spacial score (nSPS) is 10.8. The first-order valence-electron chi connectivity index (χ1n) is 9.17. The van der Waals surface area contributed by atoms with E-state index in [1.165, 1.54) is 0 Å². The first kappa shape index (κ1) is 19.3. The molecule has 0 bridgehead atoms. The predicted octanol–water partition coefficient (Wildman–Crippen LogP) is 4.37. The van der Waals surface area contributed by atoms with Gasteiger partial charge in [-0.1, -0.05) is 54.6 Å². The number of aromatic amines is 1. The molecular weight excluding hydrogens is 477 g/mol. The van der Waals surface area contributed by atoms with E-state index in [0.717, 1.165) is 9.13 Å². The molecule has 0 saturated heterocycles. The van der Waals surface area contributed by atoms with Gasteiger partial charge >= 0.3 is 0 Å². The summed E-state index contributed by atoms with van der Waals surface area (Å²) in [5.74, 6) is 0.360. The van der Waals surface area contributed by atoms with Gasteiger partial charge in [0.1, 0.15) is 5.82 Å². The molecule has 0 fully saturated rings. The Morgan fingerprint density at radius 3 is 2.38 bits per heavy atom. The van der Waals surface area contributed by atoms with Crippen molar-refractivity contribution in [3.63, 3.8) is 0 Å². The maximum atomic E-state index is 13.3. The highest BCUT2D eigenvalue weighted by Gasteiger charge is 2.20. The van der Waals surface area contributed by atoms with Crippen LogP contribution in [0.25, 0.3) is 10.9 Å². The Kier molecular flexibility index (Phi) is 5.71. The Bertz CT molecular complexity index is 1220. The van der Waals surface area contributed by atoms with E-state index in [1.807, 2.05) is 66.7 Å². The number of aromatic nitrogens is 2. The highest BCUT2D eigenvalue weighted by atomic mass is 127. The summed E-state index contributed by atoms with van der Waals surface area (Å²) in [6.07, 6.45) is 0. The van der Waals surface area contributed by atoms with Gasteiger partial charge < -0.3 is 9.88 Å². The molecule has 29 heavy (non-hydrogen) atoms. The van der Waals surface area contributed by atoms with Gasteiger partial charge in [0.05, 0.1) is 23.0 Å². The first-order chi connectivity index (χ1) is 14.1. The van der Waals surface area contributed by atoms with E-state index in [-0.39, 0.29) is 18.0 Å². The molecule has 0 aliphatic heterocycles. The Morgan fingerprint density at radius 1 is 0.897 bits per heavy atom. The standard InChI is InChI=1S/C23H18IN3O2/c24-19-12-6-4-10-17(19)23(29)27(14-16-8-2-1-3-9-16)15-21-25-20-13-7-5-11-18(20)22(28)26-21/h1-13H,14-15H2,(H,25,26,28). The van der Waals surface area contributed by atoms with Gasteiger partial charge in [-0.25, -0.2) is 4.98 Å². The zero-order valence-electron chi connectivity index (χ0n) is 15.5. The number of nitrogens with one attached hydrogen (secondary N) is 1. The van der Waals surface area contributed by atoms with Crippen LogP contribution in [0.4, 0.5) is 0 Å². The number of rotatable bonds is 5. The molecular formula is C23H18IN3O2. The number of hydrogen-bond acceptors (Lipinski definition) is 3. The van der Waals surface area contributed by atoms with Gasteiger partial charge in [0.15, 0.2) is 0 Å². The van der Waals surface area contributed by atoms with Crippen molar-refractivity contribution in [2.75, 3.05) is 0 Å². The molecule has 1 aromatic heterocycles. The number of H-pyrrole nitrogens is 1. The number of para-hydroxylation sites is 1. The van der Waals surface area contributed by atoms with Crippen molar-refractivity contribution in [1.29, 1.82) is 0 Å². The lowest BCUT2D eigenvalue weighted by atomic mass is 10.1. The average molecular weight is 495 g/mol. The highest BCUT2D eigenvalue weighted by molar-refractivity contribution is 14.1. The maximum absolute atomic E-state index is 13.3. The fourth-order valence-electron chi connectivity index (χ4n) is 3.20. The Morgan fingerprint density at radius 2 is 1.59 bits per heavy atom. The summed E-state index contributed by atoms with van der Waals surface area (Å²) >= 11 is 2.17. The first-order valence-corrected chi connectivity index (χ1v) is 10.3. The fraction of sp³-hybridized carbons (Fsp3) is 0.0870. The van der Waals surface area contributed by atoms with Gasteiger partial charge in [-0.2, -0.15) is 0 Å². The summed E-state index contributed by atoms with van der Waals surface area (Å²) in [6.45, 7) is 0.625. The van der Waals surface area contributed by atoms with Gasteiger partial charge in [-0.05, 0) is 52.4 Å². The van der Waals surface area contributed by atoms with Crippen molar-refractivity contribution in [2.45, 2.75) is 13.1 Å². The molecule has 0 saturated carbocycles. The molecule has 1 heterocycles. The maximum Gasteiger partial charge on any atom is 0.258 e. The fourth-order valence-corrected chi connectivity index (χ4v) is 3.82. The summed E-state index contributed by atoms with van der Waals surface area (Å²) in [7, 11) is 0.